The van der Waals surface area contributed by atoms with Crippen molar-refractivity contribution >= 4 is 54.3 Å². The van der Waals surface area contributed by atoms with E-state index in [9.17, 15) is 0 Å². The summed E-state index contributed by atoms with van der Waals surface area (Å²) in [6.45, 7) is 0. The van der Waals surface area contributed by atoms with Gasteiger partial charge in [0.05, 0.1) is 6.85 Å². The molecule has 0 bridgehead atoms. The van der Waals surface area contributed by atoms with Crippen molar-refractivity contribution in [1.29, 1.82) is 0 Å². The molecule has 10 rings (SSSR count). The summed E-state index contributed by atoms with van der Waals surface area (Å²) in [7, 11) is 0. The van der Waals surface area contributed by atoms with Crippen molar-refractivity contribution in [1.82, 2.24) is 0 Å². The molecule has 49 heavy (non-hydrogen) atoms. The minimum atomic E-state index is -0.403. The number of fused-ring (bicyclic) bond motifs is 7. The lowest BCUT2D eigenvalue weighted by molar-refractivity contribution is 0.673. The van der Waals surface area contributed by atoms with Crippen LogP contribution >= 0.6 is 0 Å². The normalized spacial score (nSPS) is 13.1. The Balaban J connectivity index is 1.32. The predicted octanol–water partition coefficient (Wildman–Crippen LogP) is 13.7. The molecule has 0 radical (unpaired) electrons. The zero-order chi connectivity index (χ0) is 36.7. The molecule has 0 fully saturated rings. The van der Waals surface area contributed by atoms with Gasteiger partial charge in [-0.1, -0.05) is 158 Å². The van der Waals surface area contributed by atoms with Gasteiger partial charge in [0, 0.05) is 16.2 Å². The topological polar surface area (TPSA) is 13.1 Å². The van der Waals surface area contributed by atoms with E-state index in [-0.39, 0.29) is 29.7 Å². The molecular formula is C48H30O. The second kappa shape index (κ2) is 11.1. The summed E-state index contributed by atoms with van der Waals surface area (Å²) in [6, 6.07) is 50.6. The van der Waals surface area contributed by atoms with Gasteiger partial charge in [0.15, 0.2) is 0 Å². The standard InChI is InChI=1S/C48H30O/c1-3-13-31(14-4-1)34-18-11-19-36(29-34)45-38-21-9-10-22-39(38)46(40-27-26-35(30-43(40)45)32-15-5-2-6-16-32)41-23-12-24-44-47(41)42-28-25-33-17-7-8-20-37(33)48(42)49-44/h1-30H/i1D,3D,4D,13D,14D. The first kappa shape index (κ1) is 23.0. The highest BCUT2D eigenvalue weighted by Crippen LogP contribution is 2.48. The summed E-state index contributed by atoms with van der Waals surface area (Å²) in [5.41, 5.74) is 8.69. The zero-order valence-electron chi connectivity index (χ0n) is 31.3. The summed E-state index contributed by atoms with van der Waals surface area (Å²) in [5, 5.41) is 8.55. The minimum absolute atomic E-state index is 0.184. The van der Waals surface area contributed by atoms with Crippen LogP contribution in [0, 0.1) is 0 Å². The SMILES string of the molecule is [2H]c1c([2H])c([2H])c(-c2cccc(-c3c4ccccc4c(-c4cccc5oc6c7ccccc7ccc6c45)c4ccc(-c5ccccc5)cc34)c2)c([2H])c1[2H]. The van der Waals surface area contributed by atoms with Gasteiger partial charge in [-0.05, 0) is 95.7 Å². The van der Waals surface area contributed by atoms with Crippen molar-refractivity contribution < 1.29 is 11.3 Å². The highest BCUT2D eigenvalue weighted by molar-refractivity contribution is 6.27. The summed E-state index contributed by atoms with van der Waals surface area (Å²) in [4.78, 5) is 0. The fourth-order valence-electron chi connectivity index (χ4n) is 7.58. The van der Waals surface area contributed by atoms with Crippen LogP contribution in [-0.4, -0.2) is 0 Å². The number of hydrogen-bond acceptors (Lipinski definition) is 1. The monoisotopic (exact) mass is 627 g/mol. The highest BCUT2D eigenvalue weighted by atomic mass is 16.3. The van der Waals surface area contributed by atoms with Gasteiger partial charge in [0.2, 0.25) is 0 Å². The van der Waals surface area contributed by atoms with Crippen LogP contribution in [0.2, 0.25) is 0 Å². The Morgan fingerprint density at radius 1 is 0.388 bits per heavy atom. The van der Waals surface area contributed by atoms with Gasteiger partial charge >= 0.3 is 0 Å². The van der Waals surface area contributed by atoms with Gasteiger partial charge in [-0.15, -0.1) is 0 Å². The van der Waals surface area contributed by atoms with Crippen LogP contribution in [0.4, 0.5) is 0 Å². The first-order valence-corrected chi connectivity index (χ1v) is 16.4. The molecule has 0 unspecified atom stereocenters. The molecule has 0 amide bonds. The van der Waals surface area contributed by atoms with E-state index in [1.165, 1.54) is 0 Å². The Hall–Kier alpha value is -6.44. The largest absolute Gasteiger partial charge is 0.455 e. The third kappa shape index (κ3) is 4.40. The van der Waals surface area contributed by atoms with Crippen molar-refractivity contribution in [2.75, 3.05) is 0 Å². The van der Waals surface area contributed by atoms with Gasteiger partial charge < -0.3 is 4.42 Å². The molecule has 1 heteroatoms. The summed E-state index contributed by atoms with van der Waals surface area (Å²) in [6.07, 6.45) is 0. The third-order valence-corrected chi connectivity index (χ3v) is 9.73. The maximum absolute atomic E-state index is 8.73. The van der Waals surface area contributed by atoms with Crippen molar-refractivity contribution in [2.24, 2.45) is 0 Å². The van der Waals surface area contributed by atoms with Crippen molar-refractivity contribution in [3.05, 3.63) is 182 Å². The van der Waals surface area contributed by atoms with Crippen LogP contribution in [-0.2, 0) is 0 Å². The Labute approximate surface area is 291 Å². The lowest BCUT2D eigenvalue weighted by Gasteiger charge is -2.19. The van der Waals surface area contributed by atoms with Crippen LogP contribution in [0.25, 0.3) is 98.8 Å². The molecule has 1 heterocycles. The van der Waals surface area contributed by atoms with Gasteiger partial charge in [-0.25, -0.2) is 0 Å². The van der Waals surface area contributed by atoms with E-state index in [2.05, 4.69) is 91.0 Å². The first-order valence-electron chi connectivity index (χ1n) is 18.9. The van der Waals surface area contributed by atoms with Crippen molar-refractivity contribution in [2.45, 2.75) is 0 Å². The molecule has 0 aliphatic rings. The van der Waals surface area contributed by atoms with E-state index in [4.69, 9.17) is 11.3 Å². The molecule has 1 aromatic heterocycles. The zero-order valence-corrected chi connectivity index (χ0v) is 26.3. The Kier molecular flexibility index (Phi) is 5.20. The maximum Gasteiger partial charge on any atom is 0.143 e. The quantitative estimate of drug-likeness (QED) is 0.177. The van der Waals surface area contributed by atoms with Crippen molar-refractivity contribution in [3.8, 4) is 44.5 Å². The number of furan rings is 1. The average Bonchev–Trinajstić information content (AvgIpc) is 3.61. The van der Waals surface area contributed by atoms with E-state index in [1.54, 1.807) is 0 Å². The van der Waals surface area contributed by atoms with E-state index >= 15 is 0 Å². The first-order chi connectivity index (χ1) is 26.4. The second-order valence-corrected chi connectivity index (χ2v) is 12.4. The number of hydrogen-bond donors (Lipinski definition) is 0. The third-order valence-electron chi connectivity index (χ3n) is 9.73. The van der Waals surface area contributed by atoms with Gasteiger partial charge in [0.1, 0.15) is 11.2 Å². The molecule has 9 aromatic carbocycles. The molecule has 0 aliphatic heterocycles. The molecule has 1 nitrogen and oxygen atoms in total. The number of benzene rings is 9. The van der Waals surface area contributed by atoms with E-state index < -0.39 is 6.04 Å². The van der Waals surface area contributed by atoms with Crippen LogP contribution in [0.5, 0.6) is 0 Å². The highest BCUT2D eigenvalue weighted by Gasteiger charge is 2.21. The van der Waals surface area contributed by atoms with Gasteiger partial charge in [0.25, 0.3) is 0 Å². The van der Waals surface area contributed by atoms with E-state index in [1.807, 2.05) is 60.7 Å². The Morgan fingerprint density at radius 3 is 1.90 bits per heavy atom. The average molecular weight is 628 g/mol. The lowest BCUT2D eigenvalue weighted by atomic mass is 9.83. The summed E-state index contributed by atoms with van der Waals surface area (Å²) in [5.74, 6) is 0. The fraction of sp³-hybridized carbons (Fsp3) is 0. The molecule has 0 saturated carbocycles. The van der Waals surface area contributed by atoms with Gasteiger partial charge in [-0.2, -0.15) is 0 Å². The molecule has 0 N–H and O–H groups in total. The maximum atomic E-state index is 8.73. The van der Waals surface area contributed by atoms with Crippen LogP contribution in [0.1, 0.15) is 6.85 Å². The van der Waals surface area contributed by atoms with Crippen molar-refractivity contribution in [3.63, 3.8) is 0 Å². The molecule has 0 aliphatic carbocycles. The van der Waals surface area contributed by atoms with Gasteiger partial charge in [-0.3, -0.25) is 0 Å². The molecule has 0 saturated heterocycles. The van der Waals surface area contributed by atoms with E-state index in [0.717, 1.165) is 87.6 Å². The predicted molar refractivity (Wildman–Crippen MR) is 208 cm³/mol. The Morgan fingerprint density at radius 2 is 1.04 bits per heavy atom. The molecular weight excluding hydrogens is 593 g/mol. The van der Waals surface area contributed by atoms with Crippen LogP contribution in [0.3, 0.4) is 0 Å². The molecule has 0 spiro atoms. The van der Waals surface area contributed by atoms with E-state index in [0.29, 0.717) is 5.56 Å². The summed E-state index contributed by atoms with van der Waals surface area (Å²) < 4.78 is 49.0. The van der Waals surface area contributed by atoms with Crippen LogP contribution < -0.4 is 0 Å². The minimum Gasteiger partial charge on any atom is -0.455 e. The smallest absolute Gasteiger partial charge is 0.143 e. The Bertz CT molecular complexity index is 3130. The fourth-order valence-corrected chi connectivity index (χ4v) is 7.58. The molecule has 10 aromatic rings. The molecule has 228 valence electrons. The molecule has 0 atom stereocenters. The van der Waals surface area contributed by atoms with Crippen LogP contribution in [0.15, 0.2) is 186 Å². The second-order valence-electron chi connectivity index (χ2n) is 12.4. The summed E-state index contributed by atoms with van der Waals surface area (Å²) >= 11 is 0. The lowest BCUT2D eigenvalue weighted by Crippen LogP contribution is -1.92. The number of rotatable bonds is 4.